The largest absolute Gasteiger partial charge is 0.417 e. The second-order valence-electron chi connectivity index (χ2n) is 4.12. The summed E-state index contributed by atoms with van der Waals surface area (Å²) >= 11 is 0. The lowest BCUT2D eigenvalue weighted by molar-refractivity contribution is 0.329. The SMILES string of the molecule is Cc1cc(C)c(C)c(Oc2nc(CN)co2)c1. The first-order valence-corrected chi connectivity index (χ1v) is 5.50. The van der Waals surface area contributed by atoms with Gasteiger partial charge in [-0.2, -0.15) is 4.98 Å². The number of nitrogens with zero attached hydrogens (tertiary/aromatic N) is 1. The van der Waals surface area contributed by atoms with Crippen molar-refractivity contribution in [2.45, 2.75) is 27.3 Å². The van der Waals surface area contributed by atoms with E-state index < -0.39 is 0 Å². The topological polar surface area (TPSA) is 61.3 Å². The molecule has 90 valence electrons. The van der Waals surface area contributed by atoms with E-state index in [1.165, 1.54) is 11.8 Å². The molecule has 0 bridgehead atoms. The lowest BCUT2D eigenvalue weighted by Gasteiger charge is -2.08. The molecule has 1 heterocycles. The van der Waals surface area contributed by atoms with Gasteiger partial charge >= 0.3 is 6.08 Å². The molecule has 0 aliphatic carbocycles. The van der Waals surface area contributed by atoms with Crippen LogP contribution in [0.4, 0.5) is 0 Å². The molecule has 0 saturated heterocycles. The molecule has 2 rings (SSSR count). The standard InChI is InChI=1S/C13H16N2O2/c1-8-4-9(2)10(3)12(5-8)17-13-15-11(6-14)7-16-13/h4-5,7H,6,14H2,1-3H3. The third-order valence-corrected chi connectivity index (χ3v) is 2.70. The Balaban J connectivity index is 2.29. The number of hydrogen-bond donors (Lipinski definition) is 1. The Morgan fingerprint density at radius 3 is 2.71 bits per heavy atom. The van der Waals surface area contributed by atoms with Crippen LogP contribution >= 0.6 is 0 Å². The van der Waals surface area contributed by atoms with Gasteiger partial charge in [0.15, 0.2) is 0 Å². The smallest absolute Gasteiger partial charge is 0.399 e. The van der Waals surface area contributed by atoms with Crippen LogP contribution in [0.2, 0.25) is 0 Å². The van der Waals surface area contributed by atoms with Crippen LogP contribution in [0.25, 0.3) is 0 Å². The van der Waals surface area contributed by atoms with E-state index in [4.69, 9.17) is 14.9 Å². The van der Waals surface area contributed by atoms with Crippen LogP contribution in [0.3, 0.4) is 0 Å². The summed E-state index contributed by atoms with van der Waals surface area (Å²) in [5, 5.41) is 0. The molecule has 0 saturated carbocycles. The summed E-state index contributed by atoms with van der Waals surface area (Å²) in [4.78, 5) is 4.11. The van der Waals surface area contributed by atoms with Gasteiger partial charge in [0, 0.05) is 6.54 Å². The number of aromatic nitrogens is 1. The van der Waals surface area contributed by atoms with E-state index in [2.05, 4.69) is 18.0 Å². The maximum absolute atomic E-state index is 5.62. The van der Waals surface area contributed by atoms with E-state index >= 15 is 0 Å². The summed E-state index contributed by atoms with van der Waals surface area (Å²) in [6, 6.07) is 4.08. The minimum atomic E-state index is 0.235. The van der Waals surface area contributed by atoms with Gasteiger partial charge in [-0.15, -0.1) is 0 Å². The molecular formula is C13H16N2O2. The average Bonchev–Trinajstić information content (AvgIpc) is 2.73. The van der Waals surface area contributed by atoms with Crippen molar-refractivity contribution in [2.75, 3.05) is 0 Å². The normalized spacial score (nSPS) is 10.6. The molecular weight excluding hydrogens is 216 g/mol. The molecule has 17 heavy (non-hydrogen) atoms. The highest BCUT2D eigenvalue weighted by Crippen LogP contribution is 2.27. The van der Waals surface area contributed by atoms with Gasteiger partial charge in [0.25, 0.3) is 0 Å². The van der Waals surface area contributed by atoms with Crippen LogP contribution in [-0.4, -0.2) is 4.98 Å². The molecule has 0 radical (unpaired) electrons. The first kappa shape index (κ1) is 11.7. The highest BCUT2D eigenvalue weighted by Gasteiger charge is 2.09. The Morgan fingerprint density at radius 2 is 2.06 bits per heavy atom. The lowest BCUT2D eigenvalue weighted by Crippen LogP contribution is -1.96. The predicted molar refractivity (Wildman–Crippen MR) is 65.1 cm³/mol. The van der Waals surface area contributed by atoms with E-state index in [1.54, 1.807) is 0 Å². The molecule has 2 aromatic rings. The van der Waals surface area contributed by atoms with Crippen molar-refractivity contribution in [1.82, 2.24) is 4.98 Å². The average molecular weight is 232 g/mol. The van der Waals surface area contributed by atoms with Crippen molar-refractivity contribution < 1.29 is 9.15 Å². The number of ether oxygens (including phenoxy) is 1. The highest BCUT2D eigenvalue weighted by molar-refractivity contribution is 5.42. The van der Waals surface area contributed by atoms with Gasteiger partial charge in [-0.05, 0) is 43.5 Å². The first-order chi connectivity index (χ1) is 8.10. The fourth-order valence-corrected chi connectivity index (χ4v) is 1.63. The highest BCUT2D eigenvalue weighted by atomic mass is 16.6. The Morgan fingerprint density at radius 1 is 1.29 bits per heavy atom. The molecule has 1 aromatic heterocycles. The van der Waals surface area contributed by atoms with E-state index in [9.17, 15) is 0 Å². The summed E-state index contributed by atoms with van der Waals surface area (Å²) < 4.78 is 10.8. The molecule has 0 fully saturated rings. The van der Waals surface area contributed by atoms with Gasteiger partial charge < -0.3 is 14.9 Å². The van der Waals surface area contributed by atoms with Crippen LogP contribution in [-0.2, 0) is 6.54 Å². The summed E-state index contributed by atoms with van der Waals surface area (Å²) in [7, 11) is 0. The molecule has 0 aliphatic rings. The third-order valence-electron chi connectivity index (χ3n) is 2.70. The molecule has 4 heteroatoms. The number of rotatable bonds is 3. The van der Waals surface area contributed by atoms with Crippen molar-refractivity contribution in [3.8, 4) is 11.8 Å². The van der Waals surface area contributed by atoms with E-state index in [1.807, 2.05) is 19.9 Å². The fourth-order valence-electron chi connectivity index (χ4n) is 1.63. The molecule has 0 unspecified atom stereocenters. The molecule has 4 nitrogen and oxygen atoms in total. The molecule has 1 aromatic carbocycles. The first-order valence-electron chi connectivity index (χ1n) is 5.50. The van der Waals surface area contributed by atoms with Crippen molar-refractivity contribution in [2.24, 2.45) is 5.73 Å². The monoisotopic (exact) mass is 232 g/mol. The van der Waals surface area contributed by atoms with Crippen molar-refractivity contribution in [3.63, 3.8) is 0 Å². The second-order valence-corrected chi connectivity index (χ2v) is 4.12. The maximum Gasteiger partial charge on any atom is 0.399 e. The third kappa shape index (κ3) is 2.47. The Hall–Kier alpha value is -1.81. The Labute approximate surface area is 100 Å². The number of nitrogens with two attached hydrogens (primary N) is 1. The number of aryl methyl sites for hydroxylation is 2. The number of oxazole rings is 1. The lowest BCUT2D eigenvalue weighted by atomic mass is 10.1. The Bertz CT molecular complexity index is 532. The zero-order chi connectivity index (χ0) is 12.4. The van der Waals surface area contributed by atoms with E-state index in [-0.39, 0.29) is 6.08 Å². The quantitative estimate of drug-likeness (QED) is 0.883. The molecule has 0 amide bonds. The van der Waals surface area contributed by atoms with Gasteiger partial charge in [0.2, 0.25) is 0 Å². The van der Waals surface area contributed by atoms with Gasteiger partial charge in [0.1, 0.15) is 12.0 Å². The van der Waals surface area contributed by atoms with Crippen LogP contribution in [0.5, 0.6) is 11.8 Å². The molecule has 0 atom stereocenters. The maximum atomic E-state index is 5.62. The molecule has 0 aliphatic heterocycles. The van der Waals surface area contributed by atoms with Crippen molar-refractivity contribution in [3.05, 3.63) is 40.8 Å². The summed E-state index contributed by atoms with van der Waals surface area (Å²) in [5.41, 5.74) is 9.56. The minimum Gasteiger partial charge on any atom is -0.417 e. The van der Waals surface area contributed by atoms with E-state index in [0.29, 0.717) is 12.2 Å². The number of benzene rings is 1. The fraction of sp³-hybridized carbons (Fsp3) is 0.308. The van der Waals surface area contributed by atoms with Gasteiger partial charge in [0.05, 0.1) is 5.69 Å². The minimum absolute atomic E-state index is 0.235. The van der Waals surface area contributed by atoms with Crippen LogP contribution in [0, 0.1) is 20.8 Å². The number of hydrogen-bond acceptors (Lipinski definition) is 4. The zero-order valence-electron chi connectivity index (χ0n) is 10.3. The van der Waals surface area contributed by atoms with Crippen molar-refractivity contribution >= 4 is 0 Å². The summed E-state index contributed by atoms with van der Waals surface area (Å²) in [6.07, 6.45) is 1.74. The van der Waals surface area contributed by atoms with Crippen LogP contribution in [0.1, 0.15) is 22.4 Å². The zero-order valence-corrected chi connectivity index (χ0v) is 10.3. The Kier molecular flexibility index (Phi) is 3.15. The predicted octanol–water partition coefficient (Wildman–Crippen LogP) is 2.85. The van der Waals surface area contributed by atoms with Gasteiger partial charge in [-0.25, -0.2) is 0 Å². The summed E-state index contributed by atoms with van der Waals surface area (Å²) in [6.45, 7) is 6.44. The van der Waals surface area contributed by atoms with E-state index in [0.717, 1.165) is 16.9 Å². The van der Waals surface area contributed by atoms with Crippen LogP contribution < -0.4 is 10.5 Å². The second kappa shape index (κ2) is 4.59. The molecule has 0 spiro atoms. The van der Waals surface area contributed by atoms with Crippen molar-refractivity contribution in [1.29, 1.82) is 0 Å². The molecule has 2 N–H and O–H groups in total. The van der Waals surface area contributed by atoms with Gasteiger partial charge in [-0.1, -0.05) is 6.07 Å². The van der Waals surface area contributed by atoms with Gasteiger partial charge in [-0.3, -0.25) is 0 Å². The van der Waals surface area contributed by atoms with Crippen LogP contribution in [0.15, 0.2) is 22.8 Å². The summed E-state index contributed by atoms with van der Waals surface area (Å²) in [5.74, 6) is 0.771.